The van der Waals surface area contributed by atoms with Crippen LogP contribution in [0.1, 0.15) is 31.7 Å². The van der Waals surface area contributed by atoms with Crippen molar-refractivity contribution in [1.29, 1.82) is 0 Å². The third-order valence-electron chi connectivity index (χ3n) is 7.06. The van der Waals surface area contributed by atoms with Crippen LogP contribution in [0.5, 0.6) is 5.75 Å². The highest BCUT2D eigenvalue weighted by Gasteiger charge is 2.53. The minimum Gasteiger partial charge on any atom is -0.494 e. The molecule has 0 bridgehead atoms. The number of rotatable bonds is 10. The molecule has 1 N–H and O–H groups in total. The molecule has 3 aromatic carbocycles. The highest BCUT2D eigenvalue weighted by molar-refractivity contribution is 7.93. The zero-order valence-electron chi connectivity index (χ0n) is 20.6. The molecule has 0 aliphatic carbocycles. The highest BCUT2D eigenvalue weighted by Crippen LogP contribution is 2.36. The SMILES string of the molecule is CCN1CCC(C(=O)O)(S(=O)(=O)c2ccc(OCCCc3cccc(-c4ccccc4)c3)cc2)CC1. The Kier molecular flexibility index (Phi) is 8.11. The Balaban J connectivity index is 1.35. The quantitative estimate of drug-likeness (QED) is 0.386. The molecule has 1 aliphatic heterocycles. The molecule has 0 aromatic heterocycles. The average Bonchev–Trinajstić information content (AvgIpc) is 2.92. The Morgan fingerprint density at radius 1 is 0.944 bits per heavy atom. The number of likely N-dealkylation sites (tertiary alicyclic amines) is 1. The molecule has 190 valence electrons. The van der Waals surface area contributed by atoms with Gasteiger partial charge in [-0.25, -0.2) is 8.42 Å². The van der Waals surface area contributed by atoms with E-state index in [-0.39, 0.29) is 17.7 Å². The van der Waals surface area contributed by atoms with Crippen LogP contribution >= 0.6 is 0 Å². The van der Waals surface area contributed by atoms with Gasteiger partial charge in [-0.15, -0.1) is 0 Å². The first kappa shape index (κ1) is 25.9. The number of ether oxygens (including phenoxy) is 1. The van der Waals surface area contributed by atoms with Gasteiger partial charge in [-0.1, -0.05) is 61.5 Å². The zero-order valence-corrected chi connectivity index (χ0v) is 21.4. The molecular formula is C29H33NO5S. The van der Waals surface area contributed by atoms with Crippen molar-refractivity contribution in [3.63, 3.8) is 0 Å². The van der Waals surface area contributed by atoms with Gasteiger partial charge in [0, 0.05) is 13.1 Å². The lowest BCUT2D eigenvalue weighted by Crippen LogP contribution is -2.54. The van der Waals surface area contributed by atoms with Crippen molar-refractivity contribution >= 4 is 15.8 Å². The summed E-state index contributed by atoms with van der Waals surface area (Å²) in [5, 5.41) is 9.90. The largest absolute Gasteiger partial charge is 0.494 e. The van der Waals surface area contributed by atoms with Gasteiger partial charge >= 0.3 is 5.97 Å². The summed E-state index contributed by atoms with van der Waals surface area (Å²) in [6.45, 7) is 4.17. The van der Waals surface area contributed by atoms with E-state index in [4.69, 9.17) is 4.74 Å². The number of hydrogen-bond donors (Lipinski definition) is 1. The van der Waals surface area contributed by atoms with E-state index in [0.29, 0.717) is 25.4 Å². The number of sulfone groups is 1. The van der Waals surface area contributed by atoms with E-state index < -0.39 is 20.6 Å². The first-order chi connectivity index (χ1) is 17.4. The molecular weight excluding hydrogens is 474 g/mol. The molecule has 0 saturated carbocycles. The Bertz CT molecular complexity index is 1260. The fourth-order valence-corrected chi connectivity index (χ4v) is 6.67. The summed E-state index contributed by atoms with van der Waals surface area (Å²) in [4.78, 5) is 14.2. The average molecular weight is 508 g/mol. The number of hydrogen-bond acceptors (Lipinski definition) is 5. The molecule has 7 heteroatoms. The van der Waals surface area contributed by atoms with Gasteiger partial charge < -0.3 is 14.7 Å². The van der Waals surface area contributed by atoms with Gasteiger partial charge in [0.05, 0.1) is 11.5 Å². The van der Waals surface area contributed by atoms with Crippen molar-refractivity contribution < 1.29 is 23.1 Å². The normalized spacial score (nSPS) is 15.9. The fourth-order valence-electron chi connectivity index (χ4n) is 4.77. The van der Waals surface area contributed by atoms with Gasteiger partial charge in [0.1, 0.15) is 5.75 Å². The predicted molar refractivity (Wildman–Crippen MR) is 141 cm³/mol. The van der Waals surface area contributed by atoms with Crippen LogP contribution in [0.25, 0.3) is 11.1 Å². The summed E-state index contributed by atoms with van der Waals surface area (Å²) in [6, 6.07) is 24.9. The van der Waals surface area contributed by atoms with E-state index >= 15 is 0 Å². The van der Waals surface area contributed by atoms with Crippen LogP contribution in [-0.2, 0) is 21.1 Å². The zero-order chi connectivity index (χ0) is 25.6. The van der Waals surface area contributed by atoms with Crippen LogP contribution in [0.3, 0.4) is 0 Å². The number of benzene rings is 3. The minimum absolute atomic E-state index is 0.0277. The molecule has 6 nitrogen and oxygen atoms in total. The summed E-state index contributed by atoms with van der Waals surface area (Å²) in [5.41, 5.74) is 3.60. The van der Waals surface area contributed by atoms with Gasteiger partial charge in [0.25, 0.3) is 0 Å². The number of aliphatic carboxylic acids is 1. The summed E-state index contributed by atoms with van der Waals surface area (Å²) in [6.07, 6.45) is 1.85. The van der Waals surface area contributed by atoms with Crippen LogP contribution in [0.4, 0.5) is 0 Å². The first-order valence-electron chi connectivity index (χ1n) is 12.4. The highest BCUT2D eigenvalue weighted by atomic mass is 32.2. The van der Waals surface area contributed by atoms with Crippen molar-refractivity contribution in [3.05, 3.63) is 84.4 Å². The smallest absolute Gasteiger partial charge is 0.325 e. The van der Waals surface area contributed by atoms with Crippen LogP contribution in [0, 0.1) is 0 Å². The van der Waals surface area contributed by atoms with Crippen LogP contribution in [0.15, 0.2) is 83.8 Å². The molecule has 0 spiro atoms. The lowest BCUT2D eigenvalue weighted by molar-refractivity contribution is -0.141. The molecule has 0 amide bonds. The molecule has 1 saturated heterocycles. The Morgan fingerprint density at radius 3 is 2.25 bits per heavy atom. The van der Waals surface area contributed by atoms with Crippen molar-refractivity contribution in [2.75, 3.05) is 26.2 Å². The fraction of sp³-hybridized carbons (Fsp3) is 0.345. The van der Waals surface area contributed by atoms with Gasteiger partial charge in [0.2, 0.25) is 0 Å². The summed E-state index contributed by atoms with van der Waals surface area (Å²) in [7, 11) is -4.04. The van der Waals surface area contributed by atoms with Gasteiger partial charge in [-0.05, 0) is 73.2 Å². The lowest BCUT2D eigenvalue weighted by atomic mass is 9.96. The molecule has 1 aliphatic rings. The molecule has 0 atom stereocenters. The van der Waals surface area contributed by atoms with Gasteiger partial charge in [-0.3, -0.25) is 4.79 Å². The third-order valence-corrected chi connectivity index (χ3v) is 9.57. The van der Waals surface area contributed by atoms with E-state index in [9.17, 15) is 18.3 Å². The first-order valence-corrected chi connectivity index (χ1v) is 13.9. The standard InChI is InChI=1S/C29H33NO5S/c1-2-30-19-17-29(18-20-30,28(31)32)36(33,34)27-15-13-26(14-16-27)35-21-7-9-23-8-6-12-25(22-23)24-10-4-3-5-11-24/h3-6,8,10-16,22H,2,7,9,17-21H2,1H3,(H,31,32). The van der Waals surface area contributed by atoms with E-state index in [1.54, 1.807) is 12.1 Å². The molecule has 1 heterocycles. The predicted octanol–water partition coefficient (Wildman–Crippen LogP) is 5.08. The third kappa shape index (κ3) is 5.47. The second-order valence-corrected chi connectivity index (χ2v) is 11.5. The van der Waals surface area contributed by atoms with Crippen LogP contribution in [0.2, 0.25) is 0 Å². The van der Waals surface area contributed by atoms with Gasteiger partial charge in [0.15, 0.2) is 14.6 Å². The Hall–Kier alpha value is -3.16. The van der Waals surface area contributed by atoms with Crippen LogP contribution < -0.4 is 4.74 Å². The Labute approximate surface area is 213 Å². The van der Waals surface area contributed by atoms with Gasteiger partial charge in [-0.2, -0.15) is 0 Å². The summed E-state index contributed by atoms with van der Waals surface area (Å²) < 4.78 is 30.8. The number of carboxylic acids is 1. The van der Waals surface area contributed by atoms with Crippen molar-refractivity contribution in [3.8, 4) is 16.9 Å². The monoisotopic (exact) mass is 507 g/mol. The topological polar surface area (TPSA) is 83.9 Å². The maximum absolute atomic E-state index is 13.4. The molecule has 36 heavy (non-hydrogen) atoms. The number of piperidine rings is 1. The Morgan fingerprint density at radius 2 is 1.61 bits per heavy atom. The number of nitrogens with zero attached hydrogens (tertiary/aromatic N) is 1. The molecule has 0 radical (unpaired) electrons. The van der Waals surface area contributed by atoms with E-state index in [1.807, 2.05) is 25.1 Å². The molecule has 0 unspecified atom stereocenters. The maximum atomic E-state index is 13.4. The van der Waals surface area contributed by atoms with Crippen molar-refractivity contribution in [2.45, 2.75) is 42.2 Å². The maximum Gasteiger partial charge on any atom is 0.325 e. The second-order valence-electron chi connectivity index (χ2n) is 9.23. The van der Waals surface area contributed by atoms with Crippen molar-refractivity contribution in [2.24, 2.45) is 0 Å². The molecule has 3 aromatic rings. The number of aryl methyl sites for hydroxylation is 1. The number of carboxylic acid groups (broad SMARTS) is 1. The van der Waals surface area contributed by atoms with E-state index in [2.05, 4.69) is 41.3 Å². The molecule has 4 rings (SSSR count). The van der Waals surface area contributed by atoms with Crippen molar-refractivity contribution in [1.82, 2.24) is 4.90 Å². The van der Waals surface area contributed by atoms with E-state index in [1.165, 1.54) is 28.8 Å². The summed E-state index contributed by atoms with van der Waals surface area (Å²) in [5.74, 6) is -0.702. The summed E-state index contributed by atoms with van der Waals surface area (Å²) >= 11 is 0. The second kappa shape index (κ2) is 11.3. The number of carbonyl (C=O) groups is 1. The minimum atomic E-state index is -4.04. The molecule has 1 fully saturated rings. The van der Waals surface area contributed by atoms with E-state index in [0.717, 1.165) is 19.4 Å². The lowest BCUT2D eigenvalue weighted by Gasteiger charge is -2.37. The van der Waals surface area contributed by atoms with Crippen LogP contribution in [-0.4, -0.2) is 55.4 Å².